The Morgan fingerprint density at radius 2 is 2.00 bits per heavy atom. The highest BCUT2D eigenvalue weighted by Crippen LogP contribution is 2.35. The number of benzene rings is 1. The molecule has 3 aromatic rings. The second-order valence-electron chi connectivity index (χ2n) is 9.28. The Hall–Kier alpha value is -3.15. The van der Waals surface area contributed by atoms with Gasteiger partial charge in [-0.3, -0.25) is 4.79 Å². The van der Waals surface area contributed by atoms with Crippen molar-refractivity contribution >= 4 is 22.5 Å². The standard InChI is InChI=1S/C23H26F4N6O2/c1-32-7-5-13(6-8-32)29-17-3-2-4-18-15(17)10-19(33(18)12-23(25,26)27)21-30-20(35-31-21)11-28-22(34)14-9-16(14)24/h2-4,10,13-14,16,29H,5-9,11-12H2,1H3,(H,28,34)/t14-,16+/m1/s1. The number of carbonyl (C=O) groups excluding carboxylic acids is 1. The zero-order valence-corrected chi connectivity index (χ0v) is 19.1. The molecule has 5 rings (SSSR count). The minimum Gasteiger partial charge on any atom is -0.382 e. The van der Waals surface area contributed by atoms with E-state index in [0.717, 1.165) is 36.2 Å². The van der Waals surface area contributed by atoms with E-state index in [1.54, 1.807) is 18.2 Å². The third kappa shape index (κ3) is 5.26. The molecule has 1 aromatic carbocycles. The molecule has 0 bridgehead atoms. The summed E-state index contributed by atoms with van der Waals surface area (Å²) >= 11 is 0. The molecule has 3 heterocycles. The average molecular weight is 494 g/mol. The molecule has 2 fully saturated rings. The van der Waals surface area contributed by atoms with Crippen molar-refractivity contribution < 1.29 is 26.9 Å². The number of piperidine rings is 1. The molecule has 1 saturated carbocycles. The molecule has 1 aliphatic heterocycles. The largest absolute Gasteiger partial charge is 0.406 e. The topological polar surface area (TPSA) is 88.2 Å². The maximum atomic E-state index is 13.5. The Labute approximate surface area is 198 Å². The molecule has 1 saturated heterocycles. The second kappa shape index (κ2) is 9.14. The number of hydrogen-bond acceptors (Lipinski definition) is 6. The van der Waals surface area contributed by atoms with Gasteiger partial charge in [0.25, 0.3) is 0 Å². The van der Waals surface area contributed by atoms with Crippen LogP contribution in [0.3, 0.4) is 0 Å². The van der Waals surface area contributed by atoms with Crippen LogP contribution in [0.2, 0.25) is 0 Å². The van der Waals surface area contributed by atoms with Crippen molar-refractivity contribution in [2.75, 3.05) is 25.5 Å². The lowest BCUT2D eigenvalue weighted by Gasteiger charge is -2.30. The van der Waals surface area contributed by atoms with Gasteiger partial charge in [-0.1, -0.05) is 11.2 Å². The van der Waals surface area contributed by atoms with Gasteiger partial charge in [0.05, 0.1) is 23.7 Å². The van der Waals surface area contributed by atoms with E-state index in [0.29, 0.717) is 10.9 Å². The van der Waals surface area contributed by atoms with Gasteiger partial charge in [0.1, 0.15) is 12.7 Å². The number of hydrogen-bond donors (Lipinski definition) is 2. The van der Waals surface area contributed by atoms with Crippen molar-refractivity contribution in [3.63, 3.8) is 0 Å². The van der Waals surface area contributed by atoms with E-state index in [1.165, 1.54) is 0 Å². The van der Waals surface area contributed by atoms with Crippen molar-refractivity contribution in [1.82, 2.24) is 24.9 Å². The predicted molar refractivity (Wildman–Crippen MR) is 120 cm³/mol. The van der Waals surface area contributed by atoms with Crippen molar-refractivity contribution in [3.05, 3.63) is 30.2 Å². The molecule has 0 unspecified atom stereocenters. The Kier molecular flexibility index (Phi) is 6.16. The second-order valence-corrected chi connectivity index (χ2v) is 9.28. The van der Waals surface area contributed by atoms with Gasteiger partial charge >= 0.3 is 6.18 Å². The number of nitrogens with one attached hydrogen (secondary N) is 2. The zero-order valence-electron chi connectivity index (χ0n) is 19.1. The van der Waals surface area contributed by atoms with Crippen LogP contribution in [-0.2, 0) is 17.9 Å². The van der Waals surface area contributed by atoms with Crippen LogP contribution in [0, 0.1) is 5.92 Å². The SMILES string of the molecule is CN1CCC(Nc2cccc3c2cc(-c2noc(CNC(=O)[C@@H]4C[C@@H]4F)n2)n3CC(F)(F)F)CC1. The molecule has 2 N–H and O–H groups in total. The van der Waals surface area contributed by atoms with E-state index in [9.17, 15) is 22.4 Å². The number of alkyl halides is 4. The summed E-state index contributed by atoms with van der Waals surface area (Å²) < 4.78 is 59.8. The number of carbonyl (C=O) groups is 1. The summed E-state index contributed by atoms with van der Waals surface area (Å²) in [5.74, 6) is -1.11. The van der Waals surface area contributed by atoms with Crippen LogP contribution in [0.1, 0.15) is 25.2 Å². The fourth-order valence-corrected chi connectivity index (χ4v) is 4.48. The Morgan fingerprint density at radius 1 is 1.26 bits per heavy atom. The number of anilines is 1. The molecule has 12 heteroatoms. The first-order valence-corrected chi connectivity index (χ1v) is 11.6. The predicted octanol–water partition coefficient (Wildman–Crippen LogP) is 3.73. The van der Waals surface area contributed by atoms with Crippen LogP contribution >= 0.6 is 0 Å². The van der Waals surface area contributed by atoms with E-state index < -0.39 is 30.7 Å². The fourth-order valence-electron chi connectivity index (χ4n) is 4.48. The van der Waals surface area contributed by atoms with E-state index in [-0.39, 0.29) is 36.4 Å². The number of amides is 1. The Balaban J connectivity index is 1.43. The maximum absolute atomic E-state index is 13.5. The fraction of sp³-hybridized carbons (Fsp3) is 0.522. The van der Waals surface area contributed by atoms with Gasteiger partial charge in [-0.25, -0.2) is 4.39 Å². The normalized spacial score (nSPS) is 21.4. The molecule has 188 valence electrons. The molecule has 0 radical (unpaired) electrons. The van der Waals surface area contributed by atoms with Crippen LogP contribution < -0.4 is 10.6 Å². The molecule has 1 aliphatic carbocycles. The first kappa shape index (κ1) is 23.6. The van der Waals surface area contributed by atoms with Crippen LogP contribution in [0.25, 0.3) is 22.4 Å². The van der Waals surface area contributed by atoms with Crippen molar-refractivity contribution in [3.8, 4) is 11.5 Å². The molecule has 2 atom stereocenters. The van der Waals surface area contributed by atoms with Gasteiger partial charge < -0.3 is 24.6 Å². The summed E-state index contributed by atoms with van der Waals surface area (Å²) in [7, 11) is 2.06. The minimum atomic E-state index is -4.47. The van der Waals surface area contributed by atoms with Crippen LogP contribution in [0.4, 0.5) is 23.2 Å². The van der Waals surface area contributed by atoms with E-state index in [4.69, 9.17) is 4.52 Å². The molecule has 2 aliphatic rings. The van der Waals surface area contributed by atoms with E-state index in [1.807, 2.05) is 6.07 Å². The third-order valence-corrected chi connectivity index (χ3v) is 6.52. The lowest BCUT2D eigenvalue weighted by molar-refractivity contribution is -0.139. The quantitative estimate of drug-likeness (QED) is 0.487. The number of fused-ring (bicyclic) bond motifs is 1. The highest BCUT2D eigenvalue weighted by Gasteiger charge is 2.43. The number of likely N-dealkylation sites (tertiary alicyclic amines) is 1. The molecule has 8 nitrogen and oxygen atoms in total. The molecule has 0 spiro atoms. The third-order valence-electron chi connectivity index (χ3n) is 6.52. The first-order valence-electron chi connectivity index (χ1n) is 11.6. The first-order chi connectivity index (χ1) is 16.7. The van der Waals surface area contributed by atoms with Gasteiger partial charge in [0.15, 0.2) is 0 Å². The number of halogens is 4. The highest BCUT2D eigenvalue weighted by atomic mass is 19.4. The van der Waals surface area contributed by atoms with Crippen LogP contribution in [0.15, 0.2) is 28.8 Å². The summed E-state index contributed by atoms with van der Waals surface area (Å²) in [6.45, 7) is 0.549. The van der Waals surface area contributed by atoms with E-state index >= 15 is 0 Å². The van der Waals surface area contributed by atoms with Crippen molar-refractivity contribution in [2.45, 2.75) is 50.7 Å². The van der Waals surface area contributed by atoms with Gasteiger partial charge in [-0.2, -0.15) is 18.2 Å². The highest BCUT2D eigenvalue weighted by molar-refractivity contribution is 5.96. The summed E-state index contributed by atoms with van der Waals surface area (Å²) in [6, 6.07) is 7.07. The molecular weight excluding hydrogens is 468 g/mol. The zero-order chi connectivity index (χ0) is 24.7. The smallest absolute Gasteiger partial charge is 0.382 e. The number of rotatable bonds is 7. The lowest BCUT2D eigenvalue weighted by atomic mass is 10.0. The van der Waals surface area contributed by atoms with Gasteiger partial charge in [0.2, 0.25) is 17.6 Å². The Bertz CT molecular complexity index is 1210. The van der Waals surface area contributed by atoms with Crippen LogP contribution in [0.5, 0.6) is 0 Å². The van der Waals surface area contributed by atoms with Gasteiger partial charge in [0, 0.05) is 17.1 Å². The maximum Gasteiger partial charge on any atom is 0.406 e. The minimum absolute atomic E-state index is 0.0188. The lowest BCUT2D eigenvalue weighted by Crippen LogP contribution is -2.36. The molecule has 1 amide bonds. The monoisotopic (exact) mass is 494 g/mol. The van der Waals surface area contributed by atoms with Gasteiger partial charge in [-0.05, 0) is 57.6 Å². The van der Waals surface area contributed by atoms with Crippen molar-refractivity contribution in [1.29, 1.82) is 0 Å². The summed E-state index contributed by atoms with van der Waals surface area (Å²) in [5, 5.41) is 10.5. The molecular formula is C23H26F4N6O2. The molecule has 35 heavy (non-hydrogen) atoms. The summed E-state index contributed by atoms with van der Waals surface area (Å²) in [5.41, 5.74) is 1.31. The van der Waals surface area contributed by atoms with E-state index in [2.05, 4.69) is 32.7 Å². The van der Waals surface area contributed by atoms with Crippen molar-refractivity contribution in [2.24, 2.45) is 5.92 Å². The average Bonchev–Trinajstić information content (AvgIpc) is 3.20. The number of aromatic nitrogens is 3. The molecule has 2 aromatic heterocycles. The summed E-state index contributed by atoms with van der Waals surface area (Å²) in [6.07, 6.45) is -3.54. The van der Waals surface area contributed by atoms with Crippen LogP contribution in [-0.4, -0.2) is 64.0 Å². The summed E-state index contributed by atoms with van der Waals surface area (Å²) in [4.78, 5) is 18.3. The van der Waals surface area contributed by atoms with Gasteiger partial charge in [-0.15, -0.1) is 0 Å². The Morgan fingerprint density at radius 3 is 2.69 bits per heavy atom. The number of nitrogens with zero attached hydrogens (tertiary/aromatic N) is 4.